The number of anilines is 1. The zero-order valence-corrected chi connectivity index (χ0v) is 13.2. The average molecular weight is 326 g/mol. The van der Waals surface area contributed by atoms with E-state index < -0.39 is 5.97 Å². The van der Waals surface area contributed by atoms with Gasteiger partial charge in [-0.3, -0.25) is 9.59 Å². The van der Waals surface area contributed by atoms with Gasteiger partial charge in [-0.05, 0) is 13.2 Å². The first-order chi connectivity index (χ1) is 10.0. The Morgan fingerprint density at radius 2 is 2.05 bits per heavy atom. The number of nitrogens with zero attached hydrogens (tertiary/aromatic N) is 3. The molecular formula is C12H14N4O3S2. The molecule has 0 atom stereocenters. The largest absolute Gasteiger partial charge is 0.466 e. The third-order valence-corrected chi connectivity index (χ3v) is 3.90. The van der Waals surface area contributed by atoms with Gasteiger partial charge in [0, 0.05) is 0 Å². The van der Waals surface area contributed by atoms with E-state index >= 15 is 0 Å². The average Bonchev–Trinajstić information content (AvgIpc) is 2.44. The molecular weight excluding hydrogens is 312 g/mol. The van der Waals surface area contributed by atoms with Crippen LogP contribution in [0.5, 0.6) is 0 Å². The molecule has 0 aliphatic rings. The van der Waals surface area contributed by atoms with Gasteiger partial charge in [0.15, 0.2) is 5.78 Å². The van der Waals surface area contributed by atoms with Crippen LogP contribution >= 0.6 is 23.5 Å². The summed E-state index contributed by atoms with van der Waals surface area (Å²) < 4.78 is 4.69. The van der Waals surface area contributed by atoms with E-state index in [2.05, 4.69) is 9.97 Å². The summed E-state index contributed by atoms with van der Waals surface area (Å²) in [4.78, 5) is 30.8. The number of nitrogen functional groups attached to an aromatic ring is 1. The lowest BCUT2D eigenvalue weighted by molar-refractivity contribution is -0.145. The zero-order chi connectivity index (χ0) is 15.8. The van der Waals surface area contributed by atoms with Crippen LogP contribution in [0, 0.1) is 11.3 Å². The summed E-state index contributed by atoms with van der Waals surface area (Å²) in [6.45, 7) is 1.90. The Morgan fingerprint density at radius 1 is 1.38 bits per heavy atom. The second kappa shape index (κ2) is 8.49. The number of nitrogens with two attached hydrogens (primary N) is 1. The Bertz CT molecular complexity index is 587. The molecule has 2 N–H and O–H groups in total. The van der Waals surface area contributed by atoms with Crippen molar-refractivity contribution >= 4 is 41.2 Å². The molecule has 1 rings (SSSR count). The minimum atomic E-state index is -0.560. The van der Waals surface area contributed by atoms with E-state index in [-0.39, 0.29) is 36.1 Å². The quantitative estimate of drug-likeness (QED) is 0.342. The van der Waals surface area contributed by atoms with Gasteiger partial charge in [-0.25, -0.2) is 9.97 Å². The maximum Gasteiger partial charge on any atom is 0.313 e. The fraction of sp³-hybridized carbons (Fsp3) is 0.417. The van der Waals surface area contributed by atoms with Crippen LogP contribution < -0.4 is 5.73 Å². The van der Waals surface area contributed by atoms with Crippen LogP contribution in [0.4, 0.5) is 5.95 Å². The predicted octanol–water partition coefficient (Wildman–Crippen LogP) is 1.27. The molecule has 0 bridgehead atoms. The molecule has 0 aromatic carbocycles. The molecule has 0 aliphatic carbocycles. The molecule has 0 spiro atoms. The molecule has 9 heteroatoms. The molecule has 1 aromatic heterocycles. The first kappa shape index (κ1) is 17.3. The Kier molecular flexibility index (Phi) is 6.98. The molecule has 0 saturated heterocycles. The summed E-state index contributed by atoms with van der Waals surface area (Å²) in [5.41, 5.74) is 5.85. The highest BCUT2D eigenvalue weighted by Gasteiger charge is 2.16. The van der Waals surface area contributed by atoms with Crippen LogP contribution in [0.1, 0.15) is 18.9 Å². The maximum atomic E-state index is 11.7. The Labute approximate surface area is 130 Å². The van der Waals surface area contributed by atoms with Gasteiger partial charge >= 0.3 is 5.97 Å². The summed E-state index contributed by atoms with van der Waals surface area (Å²) in [7, 11) is 0. The van der Waals surface area contributed by atoms with E-state index in [9.17, 15) is 9.59 Å². The van der Waals surface area contributed by atoms with Crippen molar-refractivity contribution in [3.63, 3.8) is 0 Å². The topological polar surface area (TPSA) is 119 Å². The molecule has 0 aliphatic heterocycles. The number of ether oxygens (including phenoxy) is 1. The second-order valence-electron chi connectivity index (χ2n) is 3.69. The summed E-state index contributed by atoms with van der Waals surface area (Å²) in [6, 6.07) is 2.00. The van der Waals surface area contributed by atoms with E-state index in [0.717, 1.165) is 11.8 Å². The van der Waals surface area contributed by atoms with Crippen molar-refractivity contribution < 1.29 is 14.3 Å². The first-order valence-corrected chi connectivity index (χ1v) is 8.14. The highest BCUT2D eigenvalue weighted by atomic mass is 32.2. The molecule has 0 unspecified atom stereocenters. The highest BCUT2D eigenvalue weighted by Crippen LogP contribution is 2.27. The van der Waals surface area contributed by atoms with Crippen LogP contribution in [0.25, 0.3) is 0 Å². The Hall–Kier alpha value is -1.79. The van der Waals surface area contributed by atoms with E-state index in [4.69, 9.17) is 15.7 Å². The number of Topliss-reactive ketones (excluding diaryl/α,β-unsaturated/α-hetero) is 1. The van der Waals surface area contributed by atoms with Crippen LogP contribution in [0.2, 0.25) is 0 Å². The van der Waals surface area contributed by atoms with Gasteiger partial charge in [-0.15, -0.1) is 11.8 Å². The number of carbonyl (C=O) groups is 2. The number of hydrogen-bond donors (Lipinski definition) is 1. The van der Waals surface area contributed by atoms with Crippen molar-refractivity contribution in [1.29, 1.82) is 5.26 Å². The monoisotopic (exact) mass is 326 g/mol. The third kappa shape index (κ3) is 5.24. The molecule has 112 valence electrons. The molecule has 0 saturated carbocycles. The number of carbonyl (C=O) groups excluding carboxylic acids is 2. The molecule has 21 heavy (non-hydrogen) atoms. The minimum absolute atomic E-state index is 0.0117. The van der Waals surface area contributed by atoms with Gasteiger partial charge < -0.3 is 10.5 Å². The van der Waals surface area contributed by atoms with Gasteiger partial charge in [-0.1, -0.05) is 11.8 Å². The number of ketones is 1. The van der Waals surface area contributed by atoms with E-state index in [0.29, 0.717) is 10.1 Å². The van der Waals surface area contributed by atoms with Gasteiger partial charge in [0.25, 0.3) is 0 Å². The minimum Gasteiger partial charge on any atom is -0.466 e. The number of hydrogen-bond acceptors (Lipinski definition) is 9. The highest BCUT2D eigenvalue weighted by molar-refractivity contribution is 8.00. The number of thioether (sulfide) groups is 2. The summed E-state index contributed by atoms with van der Waals surface area (Å²) in [6.07, 6.45) is 1.47. The molecule has 7 nitrogen and oxygen atoms in total. The fourth-order valence-corrected chi connectivity index (χ4v) is 2.80. The van der Waals surface area contributed by atoms with Crippen molar-refractivity contribution in [1.82, 2.24) is 9.97 Å². The molecule has 0 amide bonds. The number of aromatic nitrogens is 2. The number of nitriles is 1. The number of esters is 1. The molecule has 1 aromatic rings. The summed E-state index contributed by atoms with van der Waals surface area (Å²) in [5, 5.41) is 9.95. The van der Waals surface area contributed by atoms with E-state index in [1.165, 1.54) is 11.8 Å². The smallest absolute Gasteiger partial charge is 0.313 e. The first-order valence-electron chi connectivity index (χ1n) is 5.93. The fourth-order valence-electron chi connectivity index (χ4n) is 1.36. The van der Waals surface area contributed by atoms with Crippen LogP contribution in [-0.2, 0) is 14.3 Å². The van der Waals surface area contributed by atoms with Crippen molar-refractivity contribution in [3.05, 3.63) is 5.56 Å². The molecule has 0 fully saturated rings. The number of rotatable bonds is 7. The third-order valence-electron chi connectivity index (χ3n) is 2.18. The zero-order valence-electron chi connectivity index (χ0n) is 11.6. The van der Waals surface area contributed by atoms with Crippen LogP contribution in [-0.4, -0.2) is 40.3 Å². The van der Waals surface area contributed by atoms with E-state index in [1.807, 2.05) is 6.07 Å². The molecule has 1 heterocycles. The second-order valence-corrected chi connectivity index (χ2v) is 5.45. The van der Waals surface area contributed by atoms with Gasteiger partial charge in [0.1, 0.15) is 28.1 Å². The lowest BCUT2D eigenvalue weighted by Crippen LogP contribution is -2.13. The normalized spacial score (nSPS) is 9.95. The van der Waals surface area contributed by atoms with Crippen molar-refractivity contribution in [3.8, 4) is 6.07 Å². The van der Waals surface area contributed by atoms with Crippen molar-refractivity contribution in [2.45, 2.75) is 23.4 Å². The molecule has 0 radical (unpaired) electrons. The lowest BCUT2D eigenvalue weighted by atomic mass is 10.3. The van der Waals surface area contributed by atoms with Crippen molar-refractivity contribution in [2.24, 2.45) is 0 Å². The Morgan fingerprint density at radius 3 is 2.62 bits per heavy atom. The Balaban J connectivity index is 2.76. The summed E-state index contributed by atoms with van der Waals surface area (Å²) >= 11 is 2.33. The standard InChI is InChI=1S/C12H14N4O3S2/c1-3-19-9(18)4-7(17)6-21-11-8(5-13)10(20-2)15-12(14)16-11/h3-4,6H2,1-2H3,(H2,14,15,16). The predicted molar refractivity (Wildman–Crippen MR) is 79.9 cm³/mol. The lowest BCUT2D eigenvalue weighted by Gasteiger charge is -2.06. The van der Waals surface area contributed by atoms with Gasteiger partial charge in [0.2, 0.25) is 5.95 Å². The van der Waals surface area contributed by atoms with Gasteiger partial charge in [-0.2, -0.15) is 5.26 Å². The van der Waals surface area contributed by atoms with Crippen LogP contribution in [0.15, 0.2) is 10.1 Å². The van der Waals surface area contributed by atoms with Crippen molar-refractivity contribution in [2.75, 3.05) is 24.3 Å². The van der Waals surface area contributed by atoms with Gasteiger partial charge in [0.05, 0.1) is 12.4 Å². The summed E-state index contributed by atoms with van der Waals surface area (Å²) in [5.74, 6) is -0.808. The van der Waals surface area contributed by atoms with Crippen LogP contribution in [0.3, 0.4) is 0 Å². The maximum absolute atomic E-state index is 11.7. The van der Waals surface area contributed by atoms with E-state index in [1.54, 1.807) is 13.2 Å². The SMILES string of the molecule is CCOC(=O)CC(=O)CSc1nc(N)nc(SC)c1C#N.